The predicted octanol–water partition coefficient (Wildman–Crippen LogP) is 1.21. The Labute approximate surface area is 102 Å². The first-order valence-electron chi connectivity index (χ1n) is 5.70. The van der Waals surface area contributed by atoms with Crippen LogP contribution in [0.5, 0.6) is 0 Å². The minimum atomic E-state index is -3.37. The molecule has 1 fully saturated rings. The largest absolute Gasteiger partial charge is 0.392 e. The van der Waals surface area contributed by atoms with Gasteiger partial charge in [-0.3, -0.25) is 0 Å². The van der Waals surface area contributed by atoms with Crippen LogP contribution in [0.2, 0.25) is 0 Å². The molecule has 0 heterocycles. The van der Waals surface area contributed by atoms with Crippen LogP contribution in [0.3, 0.4) is 0 Å². The van der Waals surface area contributed by atoms with Gasteiger partial charge in [0.25, 0.3) is 0 Å². The Hall–Kier alpha value is -0.910. The molecule has 1 aliphatic carbocycles. The Kier molecular flexibility index (Phi) is 3.51. The minimum absolute atomic E-state index is 0.0712. The fraction of sp³-hybridized carbons (Fsp3) is 0.500. The maximum Gasteiger partial charge on any atom is 0.242 e. The lowest BCUT2D eigenvalue weighted by atomic mass is 10.2. The summed E-state index contributed by atoms with van der Waals surface area (Å²) in [4.78, 5) is 0.290. The van der Waals surface area contributed by atoms with Crippen LogP contribution >= 0.6 is 0 Å². The lowest BCUT2D eigenvalue weighted by Gasteiger charge is -2.16. The molecule has 1 aromatic carbocycles. The van der Waals surface area contributed by atoms with Crippen molar-refractivity contribution in [2.75, 3.05) is 13.6 Å². The van der Waals surface area contributed by atoms with E-state index in [2.05, 4.69) is 0 Å². The van der Waals surface area contributed by atoms with Crippen molar-refractivity contribution in [1.82, 2.24) is 4.31 Å². The van der Waals surface area contributed by atoms with E-state index in [1.807, 2.05) is 0 Å². The van der Waals surface area contributed by atoms with E-state index >= 15 is 0 Å². The Morgan fingerprint density at radius 3 is 2.35 bits per heavy atom. The van der Waals surface area contributed by atoms with E-state index in [1.54, 1.807) is 31.3 Å². The summed E-state index contributed by atoms with van der Waals surface area (Å²) in [6.45, 7) is 0.530. The average molecular weight is 255 g/mol. The molecule has 5 heteroatoms. The zero-order chi connectivity index (χ0) is 12.5. The molecule has 0 spiro atoms. The quantitative estimate of drug-likeness (QED) is 0.860. The molecule has 0 unspecified atom stereocenters. The monoisotopic (exact) mass is 255 g/mol. The highest BCUT2D eigenvalue weighted by Gasteiger charge is 2.28. The van der Waals surface area contributed by atoms with E-state index in [0.29, 0.717) is 18.0 Å². The molecule has 4 nitrogen and oxygen atoms in total. The summed E-state index contributed by atoms with van der Waals surface area (Å²) in [6.07, 6.45) is 2.26. The van der Waals surface area contributed by atoms with Crippen LogP contribution in [0, 0.1) is 5.92 Å². The molecule has 0 amide bonds. The predicted molar refractivity (Wildman–Crippen MR) is 64.9 cm³/mol. The molecule has 94 valence electrons. The highest BCUT2D eigenvalue weighted by molar-refractivity contribution is 7.89. The molecule has 0 radical (unpaired) electrons. The van der Waals surface area contributed by atoms with Crippen LogP contribution in [0.4, 0.5) is 0 Å². The van der Waals surface area contributed by atoms with E-state index in [1.165, 1.54) is 4.31 Å². The Balaban J connectivity index is 2.17. The minimum Gasteiger partial charge on any atom is -0.392 e. The van der Waals surface area contributed by atoms with Crippen LogP contribution < -0.4 is 0 Å². The highest BCUT2D eigenvalue weighted by Crippen LogP contribution is 2.30. The molecule has 0 aliphatic heterocycles. The molecular formula is C12H17NO3S. The number of hydrogen-bond donors (Lipinski definition) is 1. The van der Waals surface area contributed by atoms with Crippen molar-refractivity contribution in [3.8, 4) is 0 Å². The lowest BCUT2D eigenvalue weighted by Crippen LogP contribution is -2.28. The molecular weight excluding hydrogens is 238 g/mol. The number of benzene rings is 1. The van der Waals surface area contributed by atoms with E-state index in [-0.39, 0.29) is 11.5 Å². The van der Waals surface area contributed by atoms with Gasteiger partial charge in [-0.05, 0) is 36.5 Å². The fourth-order valence-corrected chi connectivity index (χ4v) is 2.96. The number of aliphatic hydroxyl groups is 1. The normalized spacial score (nSPS) is 16.4. The first kappa shape index (κ1) is 12.5. The Morgan fingerprint density at radius 1 is 1.29 bits per heavy atom. The zero-order valence-corrected chi connectivity index (χ0v) is 10.7. The maximum absolute atomic E-state index is 12.2. The van der Waals surface area contributed by atoms with E-state index in [0.717, 1.165) is 12.8 Å². The van der Waals surface area contributed by atoms with Crippen molar-refractivity contribution in [3.05, 3.63) is 29.8 Å². The summed E-state index contributed by atoms with van der Waals surface area (Å²) in [5, 5.41) is 8.91. The topological polar surface area (TPSA) is 57.6 Å². The van der Waals surface area contributed by atoms with Crippen LogP contribution in [0.15, 0.2) is 29.2 Å². The smallest absolute Gasteiger partial charge is 0.242 e. The maximum atomic E-state index is 12.2. The lowest BCUT2D eigenvalue weighted by molar-refractivity contribution is 0.281. The van der Waals surface area contributed by atoms with Crippen molar-refractivity contribution >= 4 is 10.0 Å². The molecule has 0 atom stereocenters. The van der Waals surface area contributed by atoms with Crippen molar-refractivity contribution in [2.24, 2.45) is 5.92 Å². The highest BCUT2D eigenvalue weighted by atomic mass is 32.2. The SMILES string of the molecule is CN(CC1CC1)S(=O)(=O)c1ccc(CO)cc1. The third kappa shape index (κ3) is 2.86. The van der Waals surface area contributed by atoms with Gasteiger partial charge in [0.1, 0.15) is 0 Å². The summed E-state index contributed by atoms with van der Waals surface area (Å²) >= 11 is 0. The van der Waals surface area contributed by atoms with Gasteiger partial charge < -0.3 is 5.11 Å². The standard InChI is InChI=1S/C12H17NO3S/c1-13(8-10-2-3-10)17(15,16)12-6-4-11(9-14)5-7-12/h4-7,10,14H,2-3,8-9H2,1H3. The summed E-state index contributed by atoms with van der Waals surface area (Å²) in [7, 11) is -1.75. The van der Waals surface area contributed by atoms with Crippen LogP contribution in [0.25, 0.3) is 0 Å². The van der Waals surface area contributed by atoms with Gasteiger partial charge in [-0.1, -0.05) is 12.1 Å². The molecule has 1 N–H and O–H groups in total. The molecule has 2 rings (SSSR count). The Morgan fingerprint density at radius 2 is 1.88 bits per heavy atom. The summed E-state index contributed by atoms with van der Waals surface area (Å²) < 4.78 is 25.7. The first-order valence-corrected chi connectivity index (χ1v) is 7.14. The number of nitrogens with zero attached hydrogens (tertiary/aromatic N) is 1. The number of aliphatic hydroxyl groups excluding tert-OH is 1. The average Bonchev–Trinajstić information content (AvgIpc) is 3.13. The van der Waals surface area contributed by atoms with Gasteiger partial charge in [-0.15, -0.1) is 0 Å². The Bertz CT molecular complexity index is 477. The van der Waals surface area contributed by atoms with Crippen molar-refractivity contribution in [3.63, 3.8) is 0 Å². The van der Waals surface area contributed by atoms with Gasteiger partial charge in [0.15, 0.2) is 0 Å². The van der Waals surface area contributed by atoms with Crippen LogP contribution in [0.1, 0.15) is 18.4 Å². The third-order valence-corrected chi connectivity index (χ3v) is 4.86. The van der Waals surface area contributed by atoms with Gasteiger partial charge in [0.05, 0.1) is 11.5 Å². The van der Waals surface area contributed by atoms with Gasteiger partial charge in [-0.25, -0.2) is 12.7 Å². The summed E-state index contributed by atoms with van der Waals surface area (Å²) in [5.74, 6) is 0.534. The second kappa shape index (κ2) is 4.76. The second-order valence-corrected chi connectivity index (χ2v) is 6.58. The molecule has 0 aromatic heterocycles. The molecule has 1 aliphatic rings. The van der Waals surface area contributed by atoms with E-state index in [9.17, 15) is 8.42 Å². The molecule has 0 saturated heterocycles. The molecule has 0 bridgehead atoms. The summed E-state index contributed by atoms with van der Waals surface area (Å²) in [5.41, 5.74) is 0.716. The van der Waals surface area contributed by atoms with E-state index < -0.39 is 10.0 Å². The fourth-order valence-electron chi connectivity index (χ4n) is 1.71. The first-order chi connectivity index (χ1) is 8.04. The van der Waals surface area contributed by atoms with Gasteiger partial charge in [0, 0.05) is 13.6 Å². The zero-order valence-electron chi connectivity index (χ0n) is 9.83. The molecule has 1 aromatic rings. The van der Waals surface area contributed by atoms with E-state index in [4.69, 9.17) is 5.11 Å². The van der Waals surface area contributed by atoms with Gasteiger partial charge in [-0.2, -0.15) is 0 Å². The summed E-state index contributed by atoms with van der Waals surface area (Å²) in [6, 6.07) is 6.37. The number of hydrogen-bond acceptors (Lipinski definition) is 3. The van der Waals surface area contributed by atoms with Crippen molar-refractivity contribution in [2.45, 2.75) is 24.3 Å². The molecule has 17 heavy (non-hydrogen) atoms. The second-order valence-electron chi connectivity index (χ2n) is 4.53. The van der Waals surface area contributed by atoms with Crippen molar-refractivity contribution < 1.29 is 13.5 Å². The van der Waals surface area contributed by atoms with Gasteiger partial charge >= 0.3 is 0 Å². The number of sulfonamides is 1. The third-order valence-electron chi connectivity index (χ3n) is 3.03. The van der Waals surface area contributed by atoms with Crippen molar-refractivity contribution in [1.29, 1.82) is 0 Å². The van der Waals surface area contributed by atoms with Crippen LogP contribution in [-0.2, 0) is 16.6 Å². The van der Waals surface area contributed by atoms with Gasteiger partial charge in [0.2, 0.25) is 10.0 Å². The van der Waals surface area contributed by atoms with Crippen LogP contribution in [-0.4, -0.2) is 31.4 Å². The number of rotatable bonds is 5. The molecule has 1 saturated carbocycles.